The van der Waals surface area contributed by atoms with Crippen LogP contribution in [0.5, 0.6) is 0 Å². The summed E-state index contributed by atoms with van der Waals surface area (Å²) >= 11 is 0. The van der Waals surface area contributed by atoms with E-state index in [4.69, 9.17) is 0 Å². The van der Waals surface area contributed by atoms with Crippen molar-refractivity contribution in [2.45, 2.75) is 25.1 Å². The molecule has 2 heterocycles. The molecule has 1 aliphatic heterocycles. The number of carbonyl (C=O) groups is 1. The Morgan fingerprint density at radius 1 is 1.20 bits per heavy atom. The Labute approximate surface area is 150 Å². The van der Waals surface area contributed by atoms with Crippen molar-refractivity contribution >= 4 is 22.5 Å². The third-order valence-electron chi connectivity index (χ3n) is 4.25. The van der Waals surface area contributed by atoms with E-state index >= 15 is 0 Å². The van der Waals surface area contributed by atoms with Crippen LogP contribution >= 0.6 is 0 Å². The Kier molecular flexibility index (Phi) is 5.81. The predicted octanol–water partition coefficient (Wildman–Crippen LogP) is 2.49. The quantitative estimate of drug-likeness (QED) is 0.863. The van der Waals surface area contributed by atoms with Crippen molar-refractivity contribution in [2.24, 2.45) is 0 Å². The molecule has 1 saturated heterocycles. The van der Waals surface area contributed by atoms with Gasteiger partial charge < -0.3 is 10.2 Å². The lowest BCUT2D eigenvalue weighted by Crippen LogP contribution is -2.23. The number of nitrogens with one attached hydrogen (secondary N) is 1. The van der Waals surface area contributed by atoms with E-state index in [1.165, 1.54) is 12.8 Å². The highest BCUT2D eigenvalue weighted by atomic mass is 32.2. The Bertz CT molecular complexity index is 773. The smallest absolute Gasteiger partial charge is 0.251 e. The number of hydrogen-bond acceptors (Lipinski definition) is 4. The molecule has 5 nitrogen and oxygen atoms in total. The summed E-state index contributed by atoms with van der Waals surface area (Å²) in [7, 11) is -0.919. The maximum atomic E-state index is 12.4. The number of benzene rings is 1. The first-order valence-corrected chi connectivity index (χ1v) is 10.2. The normalized spacial score (nSPS) is 15.2. The highest BCUT2D eigenvalue weighted by Gasteiger charge is 2.14. The van der Waals surface area contributed by atoms with E-state index in [9.17, 15) is 9.00 Å². The number of amides is 1. The molecule has 1 unspecified atom stereocenters. The maximum Gasteiger partial charge on any atom is 0.251 e. The number of rotatable bonds is 6. The van der Waals surface area contributed by atoms with Crippen LogP contribution in [0.25, 0.3) is 0 Å². The number of anilines is 1. The molecule has 0 spiro atoms. The summed E-state index contributed by atoms with van der Waals surface area (Å²) in [6, 6.07) is 11.3. The van der Waals surface area contributed by atoms with Crippen LogP contribution in [0.4, 0.5) is 5.82 Å². The molecule has 3 rings (SSSR count). The third kappa shape index (κ3) is 4.89. The molecule has 1 atom stereocenters. The van der Waals surface area contributed by atoms with Gasteiger partial charge in [0.15, 0.2) is 0 Å². The van der Waals surface area contributed by atoms with Crippen LogP contribution in [0, 0.1) is 0 Å². The first-order valence-electron chi connectivity index (χ1n) is 8.49. The van der Waals surface area contributed by atoms with Gasteiger partial charge in [0.25, 0.3) is 5.91 Å². The third-order valence-corrected chi connectivity index (χ3v) is 4.99. The van der Waals surface area contributed by atoms with Crippen LogP contribution in [0.3, 0.4) is 0 Å². The lowest BCUT2D eigenvalue weighted by molar-refractivity contribution is 0.0951. The first-order chi connectivity index (χ1) is 12.1. The van der Waals surface area contributed by atoms with Gasteiger partial charge in [0, 0.05) is 54.2 Å². The van der Waals surface area contributed by atoms with Gasteiger partial charge in [-0.15, -0.1) is 0 Å². The largest absolute Gasteiger partial charge is 0.357 e. The van der Waals surface area contributed by atoms with Gasteiger partial charge in [-0.05, 0) is 48.2 Å². The summed E-state index contributed by atoms with van der Waals surface area (Å²) in [5.74, 6) is 1.32. The SMILES string of the molecule is CS(=O)Cc1cccc(C(=O)NCc2ccnc(N3CCCC3)c2)c1. The summed E-state index contributed by atoms with van der Waals surface area (Å²) in [5.41, 5.74) is 2.54. The fourth-order valence-corrected chi connectivity index (χ4v) is 3.66. The van der Waals surface area contributed by atoms with E-state index in [-0.39, 0.29) is 5.91 Å². The topological polar surface area (TPSA) is 62.3 Å². The Balaban J connectivity index is 1.62. The van der Waals surface area contributed by atoms with Crippen molar-refractivity contribution in [3.8, 4) is 0 Å². The zero-order valence-corrected chi connectivity index (χ0v) is 15.2. The number of hydrogen-bond donors (Lipinski definition) is 1. The molecule has 0 radical (unpaired) electrons. The second kappa shape index (κ2) is 8.25. The lowest BCUT2D eigenvalue weighted by atomic mass is 10.1. The van der Waals surface area contributed by atoms with E-state index in [1.54, 1.807) is 24.6 Å². The average molecular weight is 357 g/mol. The van der Waals surface area contributed by atoms with Crippen LogP contribution in [-0.2, 0) is 23.1 Å². The van der Waals surface area contributed by atoms with Gasteiger partial charge in [-0.2, -0.15) is 0 Å². The summed E-state index contributed by atoms with van der Waals surface area (Å²) in [6.45, 7) is 2.56. The highest BCUT2D eigenvalue weighted by molar-refractivity contribution is 7.83. The maximum absolute atomic E-state index is 12.4. The summed E-state index contributed by atoms with van der Waals surface area (Å²) in [5, 5.41) is 2.95. The van der Waals surface area contributed by atoms with Gasteiger partial charge >= 0.3 is 0 Å². The molecule has 1 aliphatic rings. The molecule has 6 heteroatoms. The van der Waals surface area contributed by atoms with Crippen molar-refractivity contribution < 1.29 is 9.00 Å². The Hall–Kier alpha value is -2.21. The van der Waals surface area contributed by atoms with Crippen molar-refractivity contribution in [1.29, 1.82) is 0 Å². The molecule has 0 saturated carbocycles. The van der Waals surface area contributed by atoms with Gasteiger partial charge in [0.1, 0.15) is 5.82 Å². The molecular formula is C19H23N3O2S. The minimum atomic E-state index is -0.919. The van der Waals surface area contributed by atoms with Crippen LogP contribution in [0.1, 0.15) is 34.3 Å². The number of carbonyl (C=O) groups excluding carboxylic acids is 1. The van der Waals surface area contributed by atoms with Gasteiger partial charge in [-0.3, -0.25) is 9.00 Å². The van der Waals surface area contributed by atoms with E-state index in [0.717, 1.165) is 30.0 Å². The number of aromatic nitrogens is 1. The number of pyridine rings is 1. The fourth-order valence-electron chi connectivity index (χ4n) is 3.01. The molecule has 1 aromatic heterocycles. The Morgan fingerprint density at radius 3 is 2.76 bits per heavy atom. The molecule has 0 aliphatic carbocycles. The molecule has 2 aromatic rings. The second-order valence-corrected chi connectivity index (χ2v) is 7.75. The van der Waals surface area contributed by atoms with Gasteiger partial charge in [0.2, 0.25) is 0 Å². The summed E-state index contributed by atoms with van der Waals surface area (Å²) < 4.78 is 11.3. The van der Waals surface area contributed by atoms with Crippen molar-refractivity contribution in [1.82, 2.24) is 10.3 Å². The molecule has 1 aromatic carbocycles. The lowest BCUT2D eigenvalue weighted by Gasteiger charge is -2.17. The molecular weight excluding hydrogens is 334 g/mol. The summed E-state index contributed by atoms with van der Waals surface area (Å²) in [6.07, 6.45) is 5.88. The van der Waals surface area contributed by atoms with Gasteiger partial charge in [-0.25, -0.2) is 4.98 Å². The zero-order valence-electron chi connectivity index (χ0n) is 14.4. The standard InChI is InChI=1S/C19H23N3O2S/c1-25(24)14-16-5-4-6-17(11-16)19(23)21-13-15-7-8-20-18(12-15)22-9-2-3-10-22/h4-8,11-12H,2-3,9-10,13-14H2,1H3,(H,21,23). The fraction of sp³-hybridized carbons (Fsp3) is 0.368. The summed E-state index contributed by atoms with van der Waals surface area (Å²) in [4.78, 5) is 19.1. The van der Waals surface area contributed by atoms with Gasteiger partial charge in [-0.1, -0.05) is 12.1 Å². The van der Waals surface area contributed by atoms with Crippen LogP contribution in [0.15, 0.2) is 42.6 Å². The van der Waals surface area contributed by atoms with Crippen molar-refractivity contribution in [3.63, 3.8) is 0 Å². The van der Waals surface area contributed by atoms with Crippen LogP contribution < -0.4 is 10.2 Å². The second-order valence-electron chi connectivity index (χ2n) is 6.32. The predicted molar refractivity (Wildman–Crippen MR) is 101 cm³/mol. The van der Waals surface area contributed by atoms with E-state index < -0.39 is 10.8 Å². The molecule has 1 fully saturated rings. The zero-order chi connectivity index (χ0) is 17.6. The minimum absolute atomic E-state index is 0.122. The highest BCUT2D eigenvalue weighted by Crippen LogP contribution is 2.18. The molecule has 1 N–H and O–H groups in total. The molecule has 132 valence electrons. The minimum Gasteiger partial charge on any atom is -0.357 e. The van der Waals surface area contributed by atoms with Crippen molar-refractivity contribution in [2.75, 3.05) is 24.2 Å². The Morgan fingerprint density at radius 2 is 2.00 bits per heavy atom. The molecule has 1 amide bonds. The average Bonchev–Trinajstić information content (AvgIpc) is 3.14. The molecule has 25 heavy (non-hydrogen) atoms. The van der Waals surface area contributed by atoms with E-state index in [1.807, 2.05) is 24.3 Å². The van der Waals surface area contributed by atoms with E-state index in [0.29, 0.717) is 17.9 Å². The van der Waals surface area contributed by atoms with E-state index in [2.05, 4.69) is 15.2 Å². The van der Waals surface area contributed by atoms with Crippen molar-refractivity contribution in [3.05, 3.63) is 59.3 Å². The monoisotopic (exact) mass is 357 g/mol. The number of nitrogens with zero attached hydrogens (tertiary/aromatic N) is 2. The van der Waals surface area contributed by atoms with Crippen LogP contribution in [-0.4, -0.2) is 34.4 Å². The van der Waals surface area contributed by atoms with Gasteiger partial charge in [0.05, 0.1) is 0 Å². The van der Waals surface area contributed by atoms with Crippen LogP contribution in [0.2, 0.25) is 0 Å². The molecule has 0 bridgehead atoms. The first kappa shape index (κ1) is 17.6.